The zero-order valence-electron chi connectivity index (χ0n) is 12.6. The Morgan fingerprint density at radius 1 is 1.15 bits per heavy atom. The Labute approximate surface area is 121 Å². The number of methoxy groups -OCH3 is 1. The van der Waals surface area contributed by atoms with Crippen LogP contribution >= 0.6 is 0 Å². The third-order valence-electron chi connectivity index (χ3n) is 3.70. The van der Waals surface area contributed by atoms with Crippen LogP contribution in [0.25, 0.3) is 0 Å². The molecule has 1 aromatic rings. The largest absolute Gasteiger partial charge is 0.377 e. The first-order chi connectivity index (χ1) is 9.81. The minimum atomic E-state index is 0.442. The Morgan fingerprint density at radius 2 is 1.85 bits per heavy atom. The van der Waals surface area contributed by atoms with Gasteiger partial charge in [-0.2, -0.15) is 0 Å². The van der Waals surface area contributed by atoms with E-state index in [2.05, 4.69) is 27.5 Å². The minimum Gasteiger partial charge on any atom is -0.377 e. The minimum absolute atomic E-state index is 0.442. The van der Waals surface area contributed by atoms with Crippen LogP contribution in [-0.4, -0.2) is 30.2 Å². The molecule has 0 atom stereocenters. The van der Waals surface area contributed by atoms with Crippen LogP contribution in [0.5, 0.6) is 0 Å². The summed E-state index contributed by atoms with van der Waals surface area (Å²) in [4.78, 5) is 8.92. The summed E-state index contributed by atoms with van der Waals surface area (Å²) in [7, 11) is 1.67. The standard InChI is InChI=1S/C15H26N4O/c1-3-16-13-9-14(19-15(18-13)11-20-2)17-10-12-7-5-4-6-8-12/h9,12H,3-8,10-11H2,1-2H3,(H2,16,17,18,19). The lowest BCUT2D eigenvalue weighted by atomic mass is 9.89. The molecule has 2 N–H and O–H groups in total. The first-order valence-corrected chi connectivity index (χ1v) is 7.66. The lowest BCUT2D eigenvalue weighted by Gasteiger charge is -2.22. The first-order valence-electron chi connectivity index (χ1n) is 7.66. The van der Waals surface area contributed by atoms with Crippen molar-refractivity contribution in [1.82, 2.24) is 9.97 Å². The zero-order chi connectivity index (χ0) is 14.2. The fourth-order valence-corrected chi connectivity index (χ4v) is 2.69. The predicted molar refractivity (Wildman–Crippen MR) is 82.0 cm³/mol. The van der Waals surface area contributed by atoms with E-state index in [-0.39, 0.29) is 0 Å². The molecule has 112 valence electrons. The van der Waals surface area contributed by atoms with E-state index in [0.29, 0.717) is 6.61 Å². The molecule has 1 saturated carbocycles. The van der Waals surface area contributed by atoms with Crippen LogP contribution < -0.4 is 10.6 Å². The van der Waals surface area contributed by atoms with Crippen molar-refractivity contribution in [2.24, 2.45) is 5.92 Å². The molecule has 0 unspecified atom stereocenters. The molecule has 5 heteroatoms. The fourth-order valence-electron chi connectivity index (χ4n) is 2.69. The molecule has 1 heterocycles. The van der Waals surface area contributed by atoms with Crippen molar-refractivity contribution in [2.75, 3.05) is 30.8 Å². The van der Waals surface area contributed by atoms with E-state index in [0.717, 1.165) is 36.5 Å². The van der Waals surface area contributed by atoms with E-state index in [4.69, 9.17) is 4.74 Å². The van der Waals surface area contributed by atoms with Gasteiger partial charge in [0.25, 0.3) is 0 Å². The van der Waals surface area contributed by atoms with E-state index in [1.807, 2.05) is 6.07 Å². The molecule has 20 heavy (non-hydrogen) atoms. The average Bonchev–Trinajstić information content (AvgIpc) is 2.47. The van der Waals surface area contributed by atoms with E-state index in [1.165, 1.54) is 32.1 Å². The van der Waals surface area contributed by atoms with Gasteiger partial charge in [0.15, 0.2) is 5.82 Å². The van der Waals surface area contributed by atoms with Crippen LogP contribution in [0, 0.1) is 5.92 Å². The van der Waals surface area contributed by atoms with Gasteiger partial charge >= 0.3 is 0 Å². The summed E-state index contributed by atoms with van der Waals surface area (Å²) in [6, 6.07) is 1.98. The summed E-state index contributed by atoms with van der Waals surface area (Å²) >= 11 is 0. The Hall–Kier alpha value is -1.36. The Balaban J connectivity index is 1.97. The van der Waals surface area contributed by atoms with Gasteiger partial charge in [0.2, 0.25) is 0 Å². The lowest BCUT2D eigenvalue weighted by Crippen LogP contribution is -2.18. The first kappa shape index (κ1) is 15.0. The summed E-state index contributed by atoms with van der Waals surface area (Å²) in [5.74, 6) is 3.26. The van der Waals surface area contributed by atoms with Gasteiger partial charge in [0.05, 0.1) is 0 Å². The number of rotatable bonds is 7. The molecule has 0 aliphatic heterocycles. The molecule has 0 saturated heterocycles. The van der Waals surface area contributed by atoms with Crippen LogP contribution in [0.15, 0.2) is 6.07 Å². The number of hydrogen-bond acceptors (Lipinski definition) is 5. The third kappa shape index (κ3) is 4.63. The highest BCUT2D eigenvalue weighted by atomic mass is 16.5. The number of nitrogens with zero attached hydrogens (tertiary/aromatic N) is 2. The van der Waals surface area contributed by atoms with Crippen molar-refractivity contribution < 1.29 is 4.74 Å². The normalized spacial score (nSPS) is 16.1. The number of aromatic nitrogens is 2. The molecule has 1 aliphatic rings. The highest BCUT2D eigenvalue weighted by Crippen LogP contribution is 2.24. The van der Waals surface area contributed by atoms with Crippen molar-refractivity contribution in [3.63, 3.8) is 0 Å². The summed E-state index contributed by atoms with van der Waals surface area (Å²) in [6.07, 6.45) is 6.81. The van der Waals surface area contributed by atoms with Crippen LogP contribution in [-0.2, 0) is 11.3 Å². The Morgan fingerprint density at radius 3 is 2.50 bits per heavy atom. The number of hydrogen-bond donors (Lipinski definition) is 2. The van der Waals surface area contributed by atoms with Gasteiger partial charge < -0.3 is 15.4 Å². The monoisotopic (exact) mass is 278 g/mol. The molecular formula is C15H26N4O. The molecule has 1 aliphatic carbocycles. The summed E-state index contributed by atoms with van der Waals surface area (Å²) in [5.41, 5.74) is 0. The second-order valence-electron chi connectivity index (χ2n) is 5.40. The molecule has 1 fully saturated rings. The van der Waals surface area contributed by atoms with Gasteiger partial charge in [-0.05, 0) is 25.7 Å². The van der Waals surface area contributed by atoms with Crippen molar-refractivity contribution in [3.8, 4) is 0 Å². The summed E-state index contributed by atoms with van der Waals surface area (Å²) in [5, 5.41) is 6.70. The van der Waals surface area contributed by atoms with Gasteiger partial charge in [0.1, 0.15) is 18.2 Å². The van der Waals surface area contributed by atoms with Crippen molar-refractivity contribution >= 4 is 11.6 Å². The van der Waals surface area contributed by atoms with Crippen molar-refractivity contribution in [1.29, 1.82) is 0 Å². The Kier molecular flexibility index (Phi) is 6.05. The second kappa shape index (κ2) is 8.04. The highest BCUT2D eigenvalue weighted by molar-refractivity contribution is 5.47. The molecule has 0 amide bonds. The number of ether oxygens (including phenoxy) is 1. The van der Waals surface area contributed by atoms with Gasteiger partial charge in [-0.1, -0.05) is 19.3 Å². The summed E-state index contributed by atoms with van der Waals surface area (Å²) < 4.78 is 5.13. The van der Waals surface area contributed by atoms with Crippen molar-refractivity contribution in [2.45, 2.75) is 45.6 Å². The highest BCUT2D eigenvalue weighted by Gasteiger charge is 2.13. The molecular weight excluding hydrogens is 252 g/mol. The van der Waals surface area contributed by atoms with Gasteiger partial charge in [-0.15, -0.1) is 0 Å². The smallest absolute Gasteiger partial charge is 0.158 e. The van der Waals surface area contributed by atoms with E-state index >= 15 is 0 Å². The van der Waals surface area contributed by atoms with E-state index in [9.17, 15) is 0 Å². The summed E-state index contributed by atoms with van der Waals surface area (Å²) in [6.45, 7) is 4.37. The average molecular weight is 278 g/mol. The van der Waals surface area contributed by atoms with Crippen LogP contribution in [0.3, 0.4) is 0 Å². The maximum Gasteiger partial charge on any atom is 0.158 e. The molecule has 0 spiro atoms. The molecule has 0 bridgehead atoms. The molecule has 0 radical (unpaired) electrons. The predicted octanol–water partition coefficient (Wildman–Crippen LogP) is 3.05. The van der Waals surface area contributed by atoms with E-state index in [1.54, 1.807) is 7.11 Å². The SMILES string of the molecule is CCNc1cc(NCC2CCCCC2)nc(COC)n1. The van der Waals surface area contributed by atoms with Gasteiger partial charge in [-0.3, -0.25) is 0 Å². The van der Waals surface area contributed by atoms with Crippen LogP contribution in [0.2, 0.25) is 0 Å². The van der Waals surface area contributed by atoms with Gasteiger partial charge in [0, 0.05) is 26.3 Å². The third-order valence-corrected chi connectivity index (χ3v) is 3.70. The topological polar surface area (TPSA) is 59.1 Å². The number of nitrogens with one attached hydrogen (secondary N) is 2. The number of anilines is 2. The maximum atomic E-state index is 5.13. The van der Waals surface area contributed by atoms with Crippen molar-refractivity contribution in [3.05, 3.63) is 11.9 Å². The second-order valence-corrected chi connectivity index (χ2v) is 5.40. The molecule has 2 rings (SSSR count). The van der Waals surface area contributed by atoms with Crippen LogP contribution in [0.4, 0.5) is 11.6 Å². The zero-order valence-corrected chi connectivity index (χ0v) is 12.6. The maximum absolute atomic E-state index is 5.13. The van der Waals surface area contributed by atoms with Gasteiger partial charge in [-0.25, -0.2) is 9.97 Å². The quantitative estimate of drug-likeness (QED) is 0.803. The van der Waals surface area contributed by atoms with Crippen LogP contribution in [0.1, 0.15) is 44.9 Å². The molecule has 0 aromatic carbocycles. The fraction of sp³-hybridized carbons (Fsp3) is 0.733. The van der Waals surface area contributed by atoms with E-state index < -0.39 is 0 Å². The Bertz CT molecular complexity index is 381. The molecule has 1 aromatic heterocycles. The molecule has 5 nitrogen and oxygen atoms in total. The lowest BCUT2D eigenvalue weighted by molar-refractivity contribution is 0.178.